The lowest BCUT2D eigenvalue weighted by Crippen LogP contribution is -2.35. The van der Waals surface area contributed by atoms with E-state index in [-0.39, 0.29) is 18.3 Å². The van der Waals surface area contributed by atoms with Crippen LogP contribution in [0.4, 0.5) is 13.2 Å². The monoisotopic (exact) mass is 515 g/mol. The number of aryl methyl sites for hydroxylation is 2. The number of fused-ring (bicyclic) bond motifs is 1. The largest absolute Gasteiger partial charge is 0.475 e. The van der Waals surface area contributed by atoms with E-state index in [1.807, 2.05) is 20.0 Å². The summed E-state index contributed by atoms with van der Waals surface area (Å²) < 4.78 is 44.7. The Morgan fingerprint density at radius 3 is 2.41 bits per heavy atom. The van der Waals surface area contributed by atoms with Gasteiger partial charge in [0.25, 0.3) is 5.91 Å². The molecule has 8 heteroatoms. The highest BCUT2D eigenvalue weighted by Gasteiger charge is 2.35. The van der Waals surface area contributed by atoms with Crippen LogP contribution in [-0.4, -0.2) is 47.5 Å². The number of benzene rings is 2. The van der Waals surface area contributed by atoms with Crippen molar-refractivity contribution in [2.75, 3.05) is 19.6 Å². The third kappa shape index (κ3) is 9.35. The van der Waals surface area contributed by atoms with Crippen molar-refractivity contribution in [3.05, 3.63) is 71.7 Å². The third-order valence-electron chi connectivity index (χ3n) is 6.25. The van der Waals surface area contributed by atoms with Crippen molar-refractivity contribution in [3.8, 4) is 5.88 Å². The maximum atomic E-state index is 13.1. The van der Waals surface area contributed by atoms with Crippen LogP contribution in [-0.2, 0) is 17.6 Å². The normalized spacial score (nSPS) is 14.0. The molecule has 1 aliphatic rings. The van der Waals surface area contributed by atoms with Crippen LogP contribution in [0.15, 0.2) is 54.7 Å². The molecule has 2 heterocycles. The fourth-order valence-corrected chi connectivity index (χ4v) is 4.27. The predicted octanol–water partition coefficient (Wildman–Crippen LogP) is 5.93. The molecular formula is C29H36F3N3O2. The molecule has 0 atom stereocenters. The molecule has 1 fully saturated rings. The van der Waals surface area contributed by atoms with E-state index in [1.165, 1.54) is 56.6 Å². The number of amides is 1. The van der Waals surface area contributed by atoms with Gasteiger partial charge in [0.2, 0.25) is 5.88 Å². The lowest BCUT2D eigenvalue weighted by atomic mass is 10.0. The zero-order valence-corrected chi connectivity index (χ0v) is 21.6. The van der Waals surface area contributed by atoms with Crippen molar-refractivity contribution in [2.45, 2.75) is 64.4 Å². The summed E-state index contributed by atoms with van der Waals surface area (Å²) in [6.07, 6.45) is 6.54. The van der Waals surface area contributed by atoms with E-state index in [9.17, 15) is 18.0 Å². The molecule has 0 aliphatic carbocycles. The number of nitrogens with zero attached hydrogens (tertiary/aromatic N) is 2. The quantitative estimate of drug-likeness (QED) is 0.363. The number of ether oxygens (including phenoxy) is 1. The van der Waals surface area contributed by atoms with Gasteiger partial charge in [0.1, 0.15) is 5.82 Å². The molecule has 0 bridgehead atoms. The van der Waals surface area contributed by atoms with Crippen molar-refractivity contribution >= 4 is 16.7 Å². The summed E-state index contributed by atoms with van der Waals surface area (Å²) in [5.74, 6) is -4.71. The van der Waals surface area contributed by atoms with Gasteiger partial charge in [0.15, 0.2) is 0 Å². The molecule has 2 aromatic carbocycles. The van der Waals surface area contributed by atoms with Crippen LogP contribution in [0.25, 0.3) is 10.8 Å². The van der Waals surface area contributed by atoms with E-state index in [2.05, 4.69) is 27.8 Å². The molecule has 5 nitrogen and oxygen atoms in total. The van der Waals surface area contributed by atoms with Crippen LogP contribution in [0.5, 0.6) is 5.88 Å². The molecule has 0 saturated carbocycles. The summed E-state index contributed by atoms with van der Waals surface area (Å²) in [6.45, 7) is 7.86. The number of aromatic nitrogens is 1. The van der Waals surface area contributed by atoms with E-state index < -0.39 is 18.3 Å². The summed E-state index contributed by atoms with van der Waals surface area (Å²) in [4.78, 5) is 17.3. The summed E-state index contributed by atoms with van der Waals surface area (Å²) >= 11 is 0. The predicted molar refractivity (Wildman–Crippen MR) is 140 cm³/mol. The summed E-state index contributed by atoms with van der Waals surface area (Å²) in [7, 11) is 0. The van der Waals surface area contributed by atoms with E-state index in [0.717, 1.165) is 17.7 Å². The second-order valence-electron chi connectivity index (χ2n) is 9.72. The molecule has 4 rings (SSSR count). The Morgan fingerprint density at radius 1 is 1.03 bits per heavy atom. The van der Waals surface area contributed by atoms with Gasteiger partial charge >= 0.3 is 5.92 Å². The molecule has 1 amide bonds. The van der Waals surface area contributed by atoms with Gasteiger partial charge in [0.05, 0.1) is 6.10 Å². The van der Waals surface area contributed by atoms with Crippen LogP contribution < -0.4 is 10.5 Å². The number of rotatable bonds is 10. The number of likely N-dealkylation sites (tertiary alicyclic amines) is 1. The smallest absolute Gasteiger partial charge is 0.324 e. The molecule has 200 valence electrons. The highest BCUT2D eigenvalue weighted by Crippen LogP contribution is 2.23. The van der Waals surface area contributed by atoms with Crippen molar-refractivity contribution in [2.24, 2.45) is 5.73 Å². The molecule has 1 aromatic heterocycles. The Kier molecular flexibility index (Phi) is 10.3. The topological polar surface area (TPSA) is 68.4 Å². The Bertz CT molecular complexity index is 1160. The number of hydrogen-bond donors (Lipinski definition) is 1. The molecule has 0 unspecified atom stereocenters. The summed E-state index contributed by atoms with van der Waals surface area (Å²) in [5.41, 5.74) is 6.60. The first-order valence-electron chi connectivity index (χ1n) is 12.8. The summed E-state index contributed by atoms with van der Waals surface area (Å²) in [6, 6.07) is 13.4. The number of pyridine rings is 1. The second-order valence-corrected chi connectivity index (χ2v) is 9.72. The van der Waals surface area contributed by atoms with E-state index in [0.29, 0.717) is 10.9 Å². The average molecular weight is 516 g/mol. The first-order valence-corrected chi connectivity index (χ1v) is 12.8. The van der Waals surface area contributed by atoms with Gasteiger partial charge in [-0.25, -0.2) is 9.37 Å². The first-order chi connectivity index (χ1) is 17.6. The zero-order valence-electron chi connectivity index (χ0n) is 21.6. The van der Waals surface area contributed by atoms with Gasteiger partial charge in [-0.2, -0.15) is 8.78 Å². The second kappa shape index (κ2) is 13.4. The van der Waals surface area contributed by atoms with Crippen LogP contribution in [0.1, 0.15) is 50.7 Å². The Hall–Kier alpha value is -3.13. The average Bonchev–Trinajstić information content (AvgIpc) is 3.36. The maximum absolute atomic E-state index is 13.1. The van der Waals surface area contributed by atoms with Crippen LogP contribution >= 0.6 is 0 Å². The third-order valence-corrected chi connectivity index (χ3v) is 6.25. The molecule has 1 saturated heterocycles. The minimum Gasteiger partial charge on any atom is -0.475 e. The lowest BCUT2D eigenvalue weighted by molar-refractivity contribution is -0.142. The first kappa shape index (κ1) is 28.4. The van der Waals surface area contributed by atoms with Crippen molar-refractivity contribution in [1.29, 1.82) is 0 Å². The van der Waals surface area contributed by atoms with Crippen LogP contribution in [0, 0.1) is 5.82 Å². The molecule has 1 aliphatic heterocycles. The number of primary amides is 1. The molecule has 0 spiro atoms. The van der Waals surface area contributed by atoms with Gasteiger partial charge in [-0.1, -0.05) is 24.3 Å². The van der Waals surface area contributed by atoms with Gasteiger partial charge < -0.3 is 15.4 Å². The maximum Gasteiger partial charge on any atom is 0.324 e. The number of hydrogen-bond acceptors (Lipinski definition) is 4. The van der Waals surface area contributed by atoms with Crippen molar-refractivity contribution < 1.29 is 22.7 Å². The molecule has 2 N–H and O–H groups in total. The number of alkyl halides is 2. The van der Waals surface area contributed by atoms with Gasteiger partial charge in [0, 0.05) is 18.7 Å². The van der Waals surface area contributed by atoms with Crippen LogP contribution in [0.2, 0.25) is 0 Å². The standard InChI is InChI=1S/C15H24N2O.C14H12F3NO/c1-13(2)18-15-12-14(7-8-16-15)6-5-11-17-9-3-4-10-17;15-12-4-3-10-7-9(1-2-11(10)8-12)5-6-14(16,17)13(18)19/h7-8,12-13H,3-6,9-11H2,1-2H3;1-4,7-8H,5-6H2,(H2,18,19). The highest BCUT2D eigenvalue weighted by atomic mass is 19.3. The van der Waals surface area contributed by atoms with E-state index in [1.54, 1.807) is 24.3 Å². The molecule has 37 heavy (non-hydrogen) atoms. The van der Waals surface area contributed by atoms with E-state index in [4.69, 9.17) is 4.74 Å². The van der Waals surface area contributed by atoms with Crippen molar-refractivity contribution in [1.82, 2.24) is 9.88 Å². The minimum absolute atomic E-state index is 0.0310. The fraction of sp³-hybridized carbons (Fsp3) is 0.448. The van der Waals surface area contributed by atoms with Crippen LogP contribution in [0.3, 0.4) is 0 Å². The summed E-state index contributed by atoms with van der Waals surface area (Å²) in [5, 5.41) is 1.46. The van der Waals surface area contributed by atoms with Gasteiger partial charge in [-0.15, -0.1) is 0 Å². The lowest BCUT2D eigenvalue weighted by Gasteiger charge is -2.14. The van der Waals surface area contributed by atoms with E-state index >= 15 is 0 Å². The number of nitrogens with two attached hydrogens (primary N) is 1. The van der Waals surface area contributed by atoms with Gasteiger partial charge in [-0.05, 0) is 106 Å². The number of carbonyl (C=O) groups is 1. The SMILES string of the molecule is CC(C)Oc1cc(CCCN2CCCC2)ccn1.NC(=O)C(F)(F)CCc1ccc2cc(F)ccc2c1. The zero-order chi connectivity index (χ0) is 26.8. The number of carbonyl (C=O) groups excluding carboxylic acids is 1. The molecular weight excluding hydrogens is 479 g/mol. The minimum atomic E-state index is -3.50. The fourth-order valence-electron chi connectivity index (χ4n) is 4.27. The molecule has 3 aromatic rings. The highest BCUT2D eigenvalue weighted by molar-refractivity contribution is 5.83. The Balaban J connectivity index is 0.000000206. The Labute approximate surface area is 216 Å². The Morgan fingerprint density at radius 2 is 1.70 bits per heavy atom. The van der Waals surface area contributed by atoms with Gasteiger partial charge in [-0.3, -0.25) is 4.79 Å². The number of halogens is 3. The molecule has 0 radical (unpaired) electrons. The van der Waals surface area contributed by atoms with Crippen molar-refractivity contribution in [3.63, 3.8) is 0 Å².